The highest BCUT2D eigenvalue weighted by Gasteiger charge is 1.87. The Morgan fingerprint density at radius 1 is 1.12 bits per heavy atom. The molecule has 0 amide bonds. The van der Waals surface area contributed by atoms with Crippen LogP contribution in [0.15, 0.2) is 40.4 Å². The molecule has 90 valence electrons. The number of allylic oxidation sites excluding steroid dienone is 6. The summed E-state index contributed by atoms with van der Waals surface area (Å²) >= 11 is 0. The Morgan fingerprint density at radius 2 is 1.81 bits per heavy atom. The molecule has 0 unspecified atom stereocenters. The van der Waals surface area contributed by atoms with Crippen molar-refractivity contribution in [2.24, 2.45) is 4.99 Å². The van der Waals surface area contributed by atoms with E-state index >= 15 is 0 Å². The first-order valence-corrected chi connectivity index (χ1v) is 5.94. The Balaban J connectivity index is 3.91. The van der Waals surface area contributed by atoms with Gasteiger partial charge in [-0.25, -0.2) is 0 Å². The van der Waals surface area contributed by atoms with Crippen LogP contribution < -0.4 is 0 Å². The van der Waals surface area contributed by atoms with Gasteiger partial charge in [-0.1, -0.05) is 35.5 Å². The molecule has 0 heterocycles. The summed E-state index contributed by atoms with van der Waals surface area (Å²) in [6, 6.07) is 0. The third kappa shape index (κ3) is 9.45. The Bertz CT molecular complexity index is 299. The fourth-order valence-electron chi connectivity index (χ4n) is 1.23. The summed E-state index contributed by atoms with van der Waals surface area (Å²) in [7, 11) is 1.84. The number of aliphatic imine (C=N–C) groups is 1. The lowest BCUT2D eigenvalue weighted by molar-refractivity contribution is 0.967. The molecule has 0 saturated heterocycles. The molecule has 0 rings (SSSR count). The minimum Gasteiger partial charge on any atom is -0.297 e. The number of hydrogen-bond donors (Lipinski definition) is 0. The van der Waals surface area contributed by atoms with Gasteiger partial charge in [-0.2, -0.15) is 0 Å². The van der Waals surface area contributed by atoms with Gasteiger partial charge >= 0.3 is 0 Å². The van der Waals surface area contributed by atoms with Gasteiger partial charge in [-0.15, -0.1) is 0 Å². The van der Waals surface area contributed by atoms with E-state index in [1.165, 1.54) is 16.9 Å². The predicted molar refractivity (Wildman–Crippen MR) is 75.2 cm³/mol. The molecule has 1 nitrogen and oxygen atoms in total. The normalized spacial score (nSPS) is 13.3. The number of hydrogen-bond acceptors (Lipinski definition) is 1. The highest BCUT2D eigenvalue weighted by Crippen LogP contribution is 2.06. The summed E-state index contributed by atoms with van der Waals surface area (Å²) in [4.78, 5) is 4.11. The lowest BCUT2D eigenvalue weighted by Crippen LogP contribution is -1.85. The second kappa shape index (κ2) is 9.14. The molecule has 0 aromatic rings. The van der Waals surface area contributed by atoms with Crippen LogP contribution in [-0.4, -0.2) is 12.8 Å². The largest absolute Gasteiger partial charge is 0.297 e. The van der Waals surface area contributed by atoms with Crippen molar-refractivity contribution in [3.8, 4) is 0 Å². The van der Waals surface area contributed by atoms with E-state index in [0.717, 1.165) is 19.3 Å². The molecular formula is C15H25N. The Hall–Kier alpha value is -1.11. The van der Waals surface area contributed by atoms with E-state index in [1.54, 1.807) is 0 Å². The van der Waals surface area contributed by atoms with Gasteiger partial charge in [-0.05, 0) is 40.5 Å². The smallest absolute Gasteiger partial charge is 0.0276 e. The maximum Gasteiger partial charge on any atom is 0.0276 e. The fraction of sp³-hybridized carbons (Fsp3) is 0.533. The van der Waals surface area contributed by atoms with Crippen LogP contribution in [0.4, 0.5) is 0 Å². The average molecular weight is 219 g/mol. The SMILES string of the molecule is C/N=C(\C)CC=C/C=C(\C)CCC=C(C)C. The van der Waals surface area contributed by atoms with Crippen molar-refractivity contribution in [1.82, 2.24) is 0 Å². The van der Waals surface area contributed by atoms with Gasteiger partial charge in [0, 0.05) is 19.2 Å². The van der Waals surface area contributed by atoms with E-state index in [-0.39, 0.29) is 0 Å². The van der Waals surface area contributed by atoms with Gasteiger partial charge in [-0.3, -0.25) is 4.99 Å². The topological polar surface area (TPSA) is 12.4 Å². The summed E-state index contributed by atoms with van der Waals surface area (Å²) in [5, 5.41) is 0. The third-order valence-electron chi connectivity index (χ3n) is 2.40. The van der Waals surface area contributed by atoms with Crippen molar-refractivity contribution >= 4 is 5.71 Å². The third-order valence-corrected chi connectivity index (χ3v) is 2.40. The van der Waals surface area contributed by atoms with Crippen molar-refractivity contribution in [1.29, 1.82) is 0 Å². The Morgan fingerprint density at radius 3 is 2.38 bits per heavy atom. The first kappa shape index (κ1) is 14.9. The molecule has 0 spiro atoms. The summed E-state index contributed by atoms with van der Waals surface area (Å²) in [6.07, 6.45) is 12.0. The highest BCUT2D eigenvalue weighted by molar-refractivity contribution is 5.83. The molecule has 0 aliphatic carbocycles. The van der Waals surface area contributed by atoms with Crippen molar-refractivity contribution in [3.63, 3.8) is 0 Å². The quantitative estimate of drug-likeness (QED) is 0.348. The van der Waals surface area contributed by atoms with Gasteiger partial charge in [0.05, 0.1) is 0 Å². The molecule has 0 aromatic carbocycles. The first-order valence-electron chi connectivity index (χ1n) is 5.94. The predicted octanol–water partition coefficient (Wildman–Crippen LogP) is 4.72. The van der Waals surface area contributed by atoms with E-state index in [2.05, 4.69) is 57.0 Å². The zero-order valence-electron chi connectivity index (χ0n) is 11.4. The standard InChI is InChI=1S/C15H25N/c1-13(2)9-8-11-14(3)10-6-7-12-15(4)16-5/h6-7,9-10H,8,11-12H2,1-5H3/b7-6?,14-10+,16-15+. The lowest BCUT2D eigenvalue weighted by atomic mass is 10.1. The van der Waals surface area contributed by atoms with Gasteiger partial charge in [0.25, 0.3) is 0 Å². The van der Waals surface area contributed by atoms with Gasteiger partial charge in [0.1, 0.15) is 0 Å². The van der Waals surface area contributed by atoms with Crippen LogP contribution in [0.1, 0.15) is 47.0 Å². The second-order valence-corrected chi connectivity index (χ2v) is 4.42. The van der Waals surface area contributed by atoms with Crippen LogP contribution in [0.25, 0.3) is 0 Å². The van der Waals surface area contributed by atoms with Crippen LogP contribution in [0.2, 0.25) is 0 Å². The highest BCUT2D eigenvalue weighted by atomic mass is 14.7. The van der Waals surface area contributed by atoms with E-state index < -0.39 is 0 Å². The van der Waals surface area contributed by atoms with Gasteiger partial charge in [0.15, 0.2) is 0 Å². The van der Waals surface area contributed by atoms with Crippen LogP contribution in [0, 0.1) is 0 Å². The average Bonchev–Trinajstić information content (AvgIpc) is 2.23. The zero-order valence-corrected chi connectivity index (χ0v) is 11.4. The number of nitrogens with zero attached hydrogens (tertiary/aromatic N) is 1. The molecule has 16 heavy (non-hydrogen) atoms. The minimum absolute atomic E-state index is 0.953. The zero-order chi connectivity index (χ0) is 12.4. The molecule has 0 atom stereocenters. The molecule has 0 N–H and O–H groups in total. The summed E-state index contributed by atoms with van der Waals surface area (Å²) < 4.78 is 0. The summed E-state index contributed by atoms with van der Waals surface area (Å²) in [5.74, 6) is 0. The van der Waals surface area contributed by atoms with Crippen molar-refractivity contribution in [3.05, 3.63) is 35.5 Å². The van der Waals surface area contributed by atoms with E-state index in [0.29, 0.717) is 0 Å². The molecule has 0 aromatic heterocycles. The van der Waals surface area contributed by atoms with E-state index in [9.17, 15) is 0 Å². The maximum atomic E-state index is 4.11. The van der Waals surface area contributed by atoms with Crippen LogP contribution in [-0.2, 0) is 0 Å². The van der Waals surface area contributed by atoms with Crippen molar-refractivity contribution < 1.29 is 0 Å². The van der Waals surface area contributed by atoms with Crippen LogP contribution >= 0.6 is 0 Å². The monoisotopic (exact) mass is 219 g/mol. The van der Waals surface area contributed by atoms with Crippen molar-refractivity contribution in [2.45, 2.75) is 47.0 Å². The molecule has 1 heteroatoms. The van der Waals surface area contributed by atoms with E-state index in [1.807, 2.05) is 7.05 Å². The molecule has 0 radical (unpaired) electrons. The van der Waals surface area contributed by atoms with E-state index in [4.69, 9.17) is 0 Å². The molecule has 0 fully saturated rings. The number of rotatable bonds is 6. The molecule has 0 saturated carbocycles. The molecule has 0 bridgehead atoms. The van der Waals surface area contributed by atoms with Crippen LogP contribution in [0.5, 0.6) is 0 Å². The lowest BCUT2D eigenvalue weighted by Gasteiger charge is -1.96. The maximum absolute atomic E-state index is 4.11. The first-order chi connectivity index (χ1) is 7.56. The Labute approximate surface area is 101 Å². The summed E-state index contributed by atoms with van der Waals surface area (Å²) in [5.41, 5.74) is 4.00. The molecule has 0 aliphatic rings. The van der Waals surface area contributed by atoms with Crippen molar-refractivity contribution in [2.75, 3.05) is 7.05 Å². The second-order valence-electron chi connectivity index (χ2n) is 4.42. The van der Waals surface area contributed by atoms with Gasteiger partial charge in [0.2, 0.25) is 0 Å². The Kier molecular flexibility index (Phi) is 8.51. The molecular weight excluding hydrogens is 194 g/mol. The molecule has 0 aliphatic heterocycles. The van der Waals surface area contributed by atoms with Crippen LogP contribution in [0.3, 0.4) is 0 Å². The summed E-state index contributed by atoms with van der Waals surface area (Å²) in [6.45, 7) is 8.53. The minimum atomic E-state index is 0.953. The van der Waals surface area contributed by atoms with Gasteiger partial charge < -0.3 is 0 Å². The fourth-order valence-corrected chi connectivity index (χ4v) is 1.23.